The summed E-state index contributed by atoms with van der Waals surface area (Å²) in [6.45, 7) is 4.56. The molecule has 0 aliphatic carbocycles. The van der Waals surface area contributed by atoms with Gasteiger partial charge in [0.25, 0.3) is 0 Å². The van der Waals surface area contributed by atoms with Crippen molar-refractivity contribution in [1.82, 2.24) is 14.5 Å². The molecule has 0 bridgehead atoms. The topological polar surface area (TPSA) is 52.0 Å². The van der Waals surface area contributed by atoms with Crippen molar-refractivity contribution in [1.29, 1.82) is 0 Å². The number of aromatic nitrogens is 3. The minimum atomic E-state index is 0.769. The second-order valence-electron chi connectivity index (χ2n) is 4.40. The van der Waals surface area contributed by atoms with E-state index in [0.29, 0.717) is 0 Å². The third kappa shape index (κ3) is 4.33. The molecule has 5 nitrogen and oxygen atoms in total. The summed E-state index contributed by atoms with van der Waals surface area (Å²) < 4.78 is 7.19. The van der Waals surface area contributed by atoms with Crippen LogP contribution in [-0.4, -0.2) is 34.8 Å². The lowest BCUT2D eigenvalue weighted by molar-refractivity contribution is 0.197. The molecule has 1 N–H and O–H groups in total. The monoisotopic (exact) mass is 280 g/mol. The number of thiazole rings is 1. The molecule has 0 aliphatic heterocycles. The maximum Gasteiger partial charge on any atom is 0.203 e. The van der Waals surface area contributed by atoms with Gasteiger partial charge in [0.2, 0.25) is 5.95 Å². The Bertz CT molecular complexity index is 481. The predicted molar refractivity (Wildman–Crippen MR) is 77.8 cm³/mol. The van der Waals surface area contributed by atoms with Gasteiger partial charge in [-0.15, -0.1) is 11.3 Å². The van der Waals surface area contributed by atoms with Crippen LogP contribution in [0.1, 0.15) is 17.8 Å². The lowest BCUT2D eigenvalue weighted by Gasteiger charge is -2.08. The summed E-state index contributed by atoms with van der Waals surface area (Å²) in [6, 6.07) is 0. The summed E-state index contributed by atoms with van der Waals surface area (Å²) >= 11 is 1.64. The second kappa shape index (κ2) is 7.25. The number of nitrogens with zero attached hydrogens (tertiary/aromatic N) is 3. The Kier molecular flexibility index (Phi) is 5.35. The highest BCUT2D eigenvalue weighted by Crippen LogP contribution is 2.11. The lowest BCUT2D eigenvalue weighted by atomic mass is 10.3. The van der Waals surface area contributed by atoms with Gasteiger partial charge >= 0.3 is 0 Å². The third-order valence-electron chi connectivity index (χ3n) is 2.80. The van der Waals surface area contributed by atoms with Gasteiger partial charge in [-0.2, -0.15) is 0 Å². The Hall–Kier alpha value is -1.40. The van der Waals surface area contributed by atoms with E-state index in [1.54, 1.807) is 18.4 Å². The zero-order chi connectivity index (χ0) is 13.5. The molecule has 19 heavy (non-hydrogen) atoms. The first-order valence-electron chi connectivity index (χ1n) is 6.43. The van der Waals surface area contributed by atoms with Crippen LogP contribution in [0.4, 0.5) is 5.95 Å². The van der Waals surface area contributed by atoms with Crippen LogP contribution in [0.15, 0.2) is 17.1 Å². The Labute approximate surface area is 117 Å². The van der Waals surface area contributed by atoms with E-state index in [9.17, 15) is 0 Å². The highest BCUT2D eigenvalue weighted by molar-refractivity contribution is 7.07. The highest BCUT2D eigenvalue weighted by atomic mass is 32.1. The third-order valence-corrected chi connectivity index (χ3v) is 3.43. The standard InChI is InChI=1S/C13H20N4OS/c1-11-8-17(6-4-12-9-19-10-15-12)13(16-11)14-5-3-7-18-2/h8-10H,3-7H2,1-2H3,(H,14,16). The van der Waals surface area contributed by atoms with E-state index in [4.69, 9.17) is 4.74 Å². The largest absolute Gasteiger partial charge is 0.385 e. The van der Waals surface area contributed by atoms with Crippen LogP contribution in [-0.2, 0) is 17.7 Å². The first-order chi connectivity index (χ1) is 9.29. The normalized spacial score (nSPS) is 10.8. The van der Waals surface area contributed by atoms with Crippen LogP contribution in [0, 0.1) is 6.92 Å². The van der Waals surface area contributed by atoms with Gasteiger partial charge in [0.05, 0.1) is 16.9 Å². The molecule has 2 aromatic heterocycles. The van der Waals surface area contributed by atoms with Crippen molar-refractivity contribution in [2.75, 3.05) is 25.6 Å². The molecule has 0 aliphatic rings. The van der Waals surface area contributed by atoms with Crippen molar-refractivity contribution in [2.24, 2.45) is 0 Å². The SMILES string of the molecule is COCCCNc1nc(C)cn1CCc1cscn1. The molecule has 0 saturated carbocycles. The fourth-order valence-corrected chi connectivity index (χ4v) is 2.46. The molecule has 0 fully saturated rings. The minimum absolute atomic E-state index is 0.769. The molecule has 0 saturated heterocycles. The summed E-state index contributed by atoms with van der Waals surface area (Å²) in [7, 11) is 1.72. The van der Waals surface area contributed by atoms with E-state index in [1.807, 2.05) is 12.4 Å². The van der Waals surface area contributed by atoms with Gasteiger partial charge in [0.15, 0.2) is 0 Å². The fourth-order valence-electron chi connectivity index (χ4n) is 1.87. The van der Waals surface area contributed by atoms with Crippen LogP contribution in [0.5, 0.6) is 0 Å². The predicted octanol–water partition coefficient (Wildman–Crippen LogP) is 2.34. The number of ether oxygens (including phenoxy) is 1. The molecule has 0 spiro atoms. The molecule has 2 heterocycles. The van der Waals surface area contributed by atoms with Crippen molar-refractivity contribution in [3.8, 4) is 0 Å². The Balaban J connectivity index is 1.88. The molecule has 0 unspecified atom stereocenters. The number of hydrogen-bond acceptors (Lipinski definition) is 5. The highest BCUT2D eigenvalue weighted by Gasteiger charge is 2.05. The van der Waals surface area contributed by atoms with Crippen molar-refractivity contribution >= 4 is 17.3 Å². The van der Waals surface area contributed by atoms with Gasteiger partial charge in [0.1, 0.15) is 0 Å². The minimum Gasteiger partial charge on any atom is -0.385 e. The van der Waals surface area contributed by atoms with E-state index < -0.39 is 0 Å². The molecule has 0 radical (unpaired) electrons. The molecule has 6 heteroatoms. The van der Waals surface area contributed by atoms with E-state index in [-0.39, 0.29) is 0 Å². The number of anilines is 1. The molecule has 0 atom stereocenters. The molecular formula is C13H20N4OS. The van der Waals surface area contributed by atoms with E-state index >= 15 is 0 Å². The van der Waals surface area contributed by atoms with E-state index in [0.717, 1.165) is 49.9 Å². The van der Waals surface area contributed by atoms with E-state index in [2.05, 4.69) is 31.4 Å². The number of hydrogen-bond donors (Lipinski definition) is 1. The molecule has 2 aromatic rings. The van der Waals surface area contributed by atoms with Gasteiger partial charge < -0.3 is 14.6 Å². The van der Waals surface area contributed by atoms with Crippen LogP contribution in [0.25, 0.3) is 0 Å². The van der Waals surface area contributed by atoms with Gasteiger partial charge in [-0.1, -0.05) is 0 Å². The van der Waals surface area contributed by atoms with Crippen LogP contribution < -0.4 is 5.32 Å². The molecule has 0 amide bonds. The summed E-state index contributed by atoms with van der Waals surface area (Å²) in [6.07, 6.45) is 3.99. The van der Waals surface area contributed by atoms with E-state index in [1.165, 1.54) is 0 Å². The Morgan fingerprint density at radius 2 is 2.37 bits per heavy atom. The zero-order valence-corrected chi connectivity index (χ0v) is 12.2. The average molecular weight is 280 g/mol. The number of methoxy groups -OCH3 is 1. The first kappa shape index (κ1) is 14.0. The van der Waals surface area contributed by atoms with Crippen molar-refractivity contribution in [3.63, 3.8) is 0 Å². The molecule has 104 valence electrons. The van der Waals surface area contributed by atoms with Crippen LogP contribution in [0.2, 0.25) is 0 Å². The number of nitrogens with one attached hydrogen (secondary N) is 1. The smallest absolute Gasteiger partial charge is 0.203 e. The van der Waals surface area contributed by atoms with Crippen molar-refractivity contribution < 1.29 is 4.74 Å². The second-order valence-corrected chi connectivity index (χ2v) is 5.12. The summed E-state index contributed by atoms with van der Waals surface area (Å²) in [5, 5.41) is 5.45. The summed E-state index contributed by atoms with van der Waals surface area (Å²) in [4.78, 5) is 8.80. The molecule has 0 aromatic carbocycles. The first-order valence-corrected chi connectivity index (χ1v) is 7.37. The summed E-state index contributed by atoms with van der Waals surface area (Å²) in [5.41, 5.74) is 4.05. The fraction of sp³-hybridized carbons (Fsp3) is 0.538. The van der Waals surface area contributed by atoms with Crippen molar-refractivity contribution in [2.45, 2.75) is 26.3 Å². The lowest BCUT2D eigenvalue weighted by Crippen LogP contribution is -2.11. The quantitative estimate of drug-likeness (QED) is 0.754. The van der Waals surface area contributed by atoms with Crippen LogP contribution >= 0.6 is 11.3 Å². The number of imidazole rings is 1. The van der Waals surface area contributed by atoms with Gasteiger partial charge in [-0.05, 0) is 13.3 Å². The Morgan fingerprint density at radius 1 is 1.47 bits per heavy atom. The van der Waals surface area contributed by atoms with Gasteiger partial charge in [-0.25, -0.2) is 9.97 Å². The van der Waals surface area contributed by atoms with Gasteiger partial charge in [0, 0.05) is 44.8 Å². The van der Waals surface area contributed by atoms with Crippen LogP contribution in [0.3, 0.4) is 0 Å². The molecular weight excluding hydrogens is 260 g/mol. The maximum absolute atomic E-state index is 5.04. The Morgan fingerprint density at radius 3 is 3.11 bits per heavy atom. The van der Waals surface area contributed by atoms with Crippen molar-refractivity contribution in [3.05, 3.63) is 28.5 Å². The maximum atomic E-state index is 5.04. The average Bonchev–Trinajstić information content (AvgIpc) is 3.02. The number of rotatable bonds is 8. The number of aryl methyl sites for hydroxylation is 3. The molecule has 2 rings (SSSR count). The van der Waals surface area contributed by atoms with Gasteiger partial charge in [-0.3, -0.25) is 0 Å². The zero-order valence-electron chi connectivity index (χ0n) is 11.4. The summed E-state index contributed by atoms with van der Waals surface area (Å²) in [5.74, 6) is 0.934.